The van der Waals surface area contributed by atoms with Crippen molar-refractivity contribution >= 4 is 11.6 Å². The maximum Gasteiger partial charge on any atom is 0.420 e. The predicted octanol–water partition coefficient (Wildman–Crippen LogP) is 3.37. The van der Waals surface area contributed by atoms with E-state index in [2.05, 4.69) is 4.74 Å². The van der Waals surface area contributed by atoms with Gasteiger partial charge < -0.3 is 4.74 Å². The summed E-state index contributed by atoms with van der Waals surface area (Å²) in [5.41, 5.74) is -0.859. The van der Waals surface area contributed by atoms with Gasteiger partial charge in [0, 0.05) is 5.02 Å². The van der Waals surface area contributed by atoms with Gasteiger partial charge >= 0.3 is 6.18 Å². The van der Waals surface area contributed by atoms with Gasteiger partial charge in [-0.2, -0.15) is 13.2 Å². The number of methoxy groups -OCH3 is 1. The van der Waals surface area contributed by atoms with Gasteiger partial charge in [-0.05, 0) is 18.2 Å². The predicted molar refractivity (Wildman–Crippen MR) is 43.0 cm³/mol. The second kappa shape index (κ2) is 3.46. The molecule has 0 aliphatic heterocycles. The van der Waals surface area contributed by atoms with Crippen LogP contribution in [0.2, 0.25) is 5.02 Å². The third kappa shape index (κ3) is 2.28. The molecule has 0 amide bonds. The minimum absolute atomic E-state index is 0.0353. The van der Waals surface area contributed by atoms with E-state index >= 15 is 0 Å². The van der Waals surface area contributed by atoms with Gasteiger partial charge in [0.05, 0.1) is 12.7 Å². The minimum Gasteiger partial charge on any atom is -0.496 e. The molecule has 1 aromatic rings. The summed E-state index contributed by atoms with van der Waals surface area (Å²) >= 11 is 5.42. The molecule has 0 atom stereocenters. The number of benzene rings is 1. The van der Waals surface area contributed by atoms with E-state index in [1.165, 1.54) is 19.2 Å². The largest absolute Gasteiger partial charge is 0.496 e. The third-order valence-corrected chi connectivity index (χ3v) is 1.70. The Bertz CT molecular complexity index is 309. The summed E-state index contributed by atoms with van der Waals surface area (Å²) < 4.78 is 41.4. The Kier molecular flexibility index (Phi) is 2.71. The van der Waals surface area contributed by atoms with Crippen molar-refractivity contribution in [1.82, 2.24) is 0 Å². The molecule has 72 valence electrons. The molecule has 0 heterocycles. The van der Waals surface area contributed by atoms with E-state index in [4.69, 9.17) is 11.6 Å². The average Bonchev–Trinajstić information content (AvgIpc) is 2.03. The number of hydrogen-bond donors (Lipinski definition) is 0. The van der Waals surface area contributed by atoms with Crippen LogP contribution in [0, 0.1) is 0 Å². The quantitative estimate of drug-likeness (QED) is 0.691. The van der Waals surface area contributed by atoms with Gasteiger partial charge in [-0.3, -0.25) is 0 Å². The topological polar surface area (TPSA) is 9.23 Å². The lowest BCUT2D eigenvalue weighted by atomic mass is 10.2. The lowest BCUT2D eigenvalue weighted by Crippen LogP contribution is -2.07. The van der Waals surface area contributed by atoms with Crippen LogP contribution >= 0.6 is 11.6 Å². The normalized spacial score (nSPS) is 11.5. The van der Waals surface area contributed by atoms with Crippen LogP contribution in [-0.2, 0) is 6.18 Å². The minimum atomic E-state index is -4.43. The number of rotatable bonds is 1. The molecule has 0 aliphatic rings. The summed E-state index contributed by atoms with van der Waals surface area (Å²) in [4.78, 5) is 0. The van der Waals surface area contributed by atoms with Crippen molar-refractivity contribution in [3.05, 3.63) is 28.8 Å². The molecule has 0 radical (unpaired) electrons. The number of ether oxygens (including phenoxy) is 1. The Hall–Kier alpha value is -0.900. The Labute approximate surface area is 78.1 Å². The van der Waals surface area contributed by atoms with E-state index in [1.807, 2.05) is 0 Å². The fourth-order valence-corrected chi connectivity index (χ4v) is 1.07. The van der Waals surface area contributed by atoms with E-state index in [0.29, 0.717) is 0 Å². The number of halogens is 4. The molecular weight excluding hydrogens is 205 g/mol. The highest BCUT2D eigenvalue weighted by Crippen LogP contribution is 2.37. The van der Waals surface area contributed by atoms with E-state index < -0.39 is 11.7 Å². The first kappa shape index (κ1) is 10.2. The van der Waals surface area contributed by atoms with Gasteiger partial charge in [-0.25, -0.2) is 0 Å². The van der Waals surface area contributed by atoms with Gasteiger partial charge in [0.1, 0.15) is 5.75 Å². The molecular formula is C8H6ClF3O. The fraction of sp³-hybridized carbons (Fsp3) is 0.250. The third-order valence-electron chi connectivity index (χ3n) is 1.47. The Morgan fingerprint density at radius 2 is 1.92 bits per heavy atom. The van der Waals surface area contributed by atoms with Crippen molar-refractivity contribution in [3.63, 3.8) is 0 Å². The summed E-state index contributed by atoms with van der Waals surface area (Å²) in [5, 5.41) is 0.0353. The van der Waals surface area contributed by atoms with Gasteiger partial charge in [0.2, 0.25) is 0 Å². The zero-order valence-electron chi connectivity index (χ0n) is 6.65. The molecule has 0 saturated carbocycles. The molecule has 0 aliphatic carbocycles. The highest BCUT2D eigenvalue weighted by Gasteiger charge is 2.34. The first-order valence-corrected chi connectivity index (χ1v) is 3.73. The van der Waals surface area contributed by atoms with Crippen molar-refractivity contribution in [2.45, 2.75) is 6.18 Å². The van der Waals surface area contributed by atoms with Gasteiger partial charge in [-0.1, -0.05) is 11.6 Å². The van der Waals surface area contributed by atoms with Crippen LogP contribution < -0.4 is 4.74 Å². The van der Waals surface area contributed by atoms with Crippen LogP contribution in [0.1, 0.15) is 5.56 Å². The van der Waals surface area contributed by atoms with E-state index in [0.717, 1.165) is 6.07 Å². The molecule has 0 N–H and O–H groups in total. The van der Waals surface area contributed by atoms with Gasteiger partial charge in [0.15, 0.2) is 0 Å². The van der Waals surface area contributed by atoms with Crippen LogP contribution in [0.3, 0.4) is 0 Å². The lowest BCUT2D eigenvalue weighted by Gasteiger charge is -2.11. The van der Waals surface area contributed by atoms with E-state index in [1.54, 1.807) is 0 Å². The van der Waals surface area contributed by atoms with Crippen molar-refractivity contribution in [3.8, 4) is 5.75 Å². The Balaban J connectivity index is 3.24. The maximum absolute atomic E-state index is 12.3. The van der Waals surface area contributed by atoms with Crippen molar-refractivity contribution in [2.75, 3.05) is 7.11 Å². The molecule has 0 spiro atoms. The van der Waals surface area contributed by atoms with E-state index in [9.17, 15) is 13.2 Å². The average molecular weight is 211 g/mol. The van der Waals surface area contributed by atoms with Crippen LogP contribution in [0.15, 0.2) is 18.2 Å². The SMILES string of the molecule is COc1ccc(Cl)cc1C(F)(F)F. The van der Waals surface area contributed by atoms with Crippen LogP contribution in [0.5, 0.6) is 5.75 Å². The Morgan fingerprint density at radius 1 is 1.31 bits per heavy atom. The summed E-state index contributed by atoms with van der Waals surface area (Å²) in [7, 11) is 1.18. The number of hydrogen-bond acceptors (Lipinski definition) is 1. The van der Waals surface area contributed by atoms with Crippen LogP contribution in [0.4, 0.5) is 13.2 Å². The Morgan fingerprint density at radius 3 is 2.38 bits per heavy atom. The monoisotopic (exact) mass is 210 g/mol. The smallest absolute Gasteiger partial charge is 0.420 e. The molecule has 13 heavy (non-hydrogen) atoms. The zero-order valence-corrected chi connectivity index (χ0v) is 7.41. The molecule has 1 rings (SSSR count). The number of alkyl halides is 3. The molecule has 5 heteroatoms. The lowest BCUT2D eigenvalue weighted by molar-refractivity contribution is -0.138. The first-order chi connectivity index (χ1) is 5.95. The van der Waals surface area contributed by atoms with Crippen LogP contribution in [-0.4, -0.2) is 7.11 Å². The molecule has 0 bridgehead atoms. The highest BCUT2D eigenvalue weighted by atomic mass is 35.5. The molecule has 1 aromatic carbocycles. The van der Waals surface area contributed by atoms with Gasteiger partial charge in [0.25, 0.3) is 0 Å². The molecule has 0 unspecified atom stereocenters. The maximum atomic E-state index is 12.3. The van der Waals surface area contributed by atoms with Crippen molar-refractivity contribution in [1.29, 1.82) is 0 Å². The van der Waals surface area contributed by atoms with Crippen molar-refractivity contribution < 1.29 is 17.9 Å². The van der Waals surface area contributed by atoms with Crippen LogP contribution in [0.25, 0.3) is 0 Å². The standard InChI is InChI=1S/C8H6ClF3O/c1-13-7-3-2-5(9)4-6(7)8(10,11)12/h2-4H,1H3. The molecule has 0 fully saturated rings. The summed E-state index contributed by atoms with van der Waals surface area (Å²) in [5.74, 6) is -0.225. The van der Waals surface area contributed by atoms with Gasteiger partial charge in [-0.15, -0.1) is 0 Å². The summed E-state index contributed by atoms with van der Waals surface area (Å²) in [6.45, 7) is 0. The molecule has 0 aromatic heterocycles. The fourth-order valence-electron chi connectivity index (χ4n) is 0.902. The first-order valence-electron chi connectivity index (χ1n) is 3.36. The second-order valence-electron chi connectivity index (χ2n) is 2.34. The van der Waals surface area contributed by atoms with Crippen molar-refractivity contribution in [2.24, 2.45) is 0 Å². The molecule has 1 nitrogen and oxygen atoms in total. The summed E-state index contributed by atoms with van der Waals surface area (Å²) in [6.07, 6.45) is -4.43. The molecule has 0 saturated heterocycles. The zero-order chi connectivity index (χ0) is 10.1. The summed E-state index contributed by atoms with van der Waals surface area (Å²) in [6, 6.07) is 3.36. The second-order valence-corrected chi connectivity index (χ2v) is 2.78. The van der Waals surface area contributed by atoms with E-state index in [-0.39, 0.29) is 10.8 Å². The highest BCUT2D eigenvalue weighted by molar-refractivity contribution is 6.30.